The molecule has 1 fully saturated rings. The molecule has 23 heavy (non-hydrogen) atoms. The van der Waals surface area contributed by atoms with Gasteiger partial charge in [0.1, 0.15) is 6.10 Å². The molecule has 0 aliphatic carbocycles. The molecule has 3 unspecified atom stereocenters. The molecule has 15 heteroatoms. The Morgan fingerprint density at radius 3 is 2.13 bits per heavy atom. The van der Waals surface area contributed by atoms with Crippen LogP contribution in [0.2, 0.25) is 0 Å². The normalized spacial score (nSPS) is 32.9. The lowest BCUT2D eigenvalue weighted by Crippen LogP contribution is -2.29. The van der Waals surface area contributed by atoms with Crippen LogP contribution < -0.4 is 14.7 Å². The molecule has 0 N–H and O–H groups in total. The predicted molar refractivity (Wildman–Crippen MR) is 67.7 cm³/mol. The minimum atomic E-state index is -5.77. The number of phosphoric acid groups is 3. The lowest BCUT2D eigenvalue weighted by atomic mass is 10.1. The summed E-state index contributed by atoms with van der Waals surface area (Å²) in [6, 6.07) is 0. The molecule has 0 aromatic carbocycles. The van der Waals surface area contributed by atoms with Crippen molar-refractivity contribution >= 4 is 23.5 Å². The van der Waals surface area contributed by atoms with E-state index in [0.717, 1.165) is 0 Å². The molecule has 0 radical (unpaired) electrons. The summed E-state index contributed by atoms with van der Waals surface area (Å²) in [7, 11) is -14.4. The summed E-state index contributed by atoms with van der Waals surface area (Å²) in [5.74, 6) is 0. The van der Waals surface area contributed by atoms with Crippen LogP contribution in [0.3, 0.4) is 0 Å². The summed E-state index contributed by atoms with van der Waals surface area (Å²) < 4.78 is 59.1. The molecule has 1 rings (SSSR count). The lowest BCUT2D eigenvalue weighted by Gasteiger charge is -2.34. The average molecular weight is 397 g/mol. The fourth-order valence-electron chi connectivity index (χ4n) is 1.80. The first-order valence-corrected chi connectivity index (χ1v) is 10.5. The zero-order valence-electron chi connectivity index (χ0n) is 12.4. The van der Waals surface area contributed by atoms with E-state index in [4.69, 9.17) is 9.47 Å². The molecule has 0 spiro atoms. The van der Waals surface area contributed by atoms with Gasteiger partial charge >= 0.3 is 0 Å². The molecular weight excluding hydrogens is 381 g/mol. The van der Waals surface area contributed by atoms with E-state index in [0.29, 0.717) is 13.5 Å². The van der Waals surface area contributed by atoms with E-state index in [2.05, 4.69) is 17.7 Å². The summed E-state index contributed by atoms with van der Waals surface area (Å²) >= 11 is 0. The molecular formula is C8H16O12P3-3. The van der Waals surface area contributed by atoms with Gasteiger partial charge in [-0.15, -0.1) is 0 Å². The van der Waals surface area contributed by atoms with Gasteiger partial charge in [-0.1, -0.05) is 0 Å². The second-order valence-corrected chi connectivity index (χ2v) is 9.09. The van der Waals surface area contributed by atoms with Crippen molar-refractivity contribution in [1.29, 1.82) is 0 Å². The molecule has 0 bridgehead atoms. The van der Waals surface area contributed by atoms with Crippen molar-refractivity contribution in [3.63, 3.8) is 0 Å². The quantitative estimate of drug-likeness (QED) is 0.447. The van der Waals surface area contributed by atoms with Crippen LogP contribution in [-0.4, -0.2) is 39.1 Å². The molecule has 1 aliphatic rings. The SMILES string of the molecule is CO[C@@H]1C[C@H](C)O[C@@H]1COP(=O)([O-])OP(=O)([O-])OP(=O)([O-])OC. The Morgan fingerprint density at radius 1 is 1.04 bits per heavy atom. The van der Waals surface area contributed by atoms with Crippen molar-refractivity contribution in [3.8, 4) is 0 Å². The highest BCUT2D eigenvalue weighted by Gasteiger charge is 2.35. The van der Waals surface area contributed by atoms with Gasteiger partial charge in [0.25, 0.3) is 23.5 Å². The largest absolute Gasteiger partial charge is 0.756 e. The first kappa shape index (κ1) is 21.4. The number of methoxy groups -OCH3 is 1. The topological polar surface area (TPSA) is 176 Å². The summed E-state index contributed by atoms with van der Waals surface area (Å²) in [4.78, 5) is 33.5. The highest BCUT2D eigenvalue weighted by Crippen LogP contribution is 2.62. The fourth-order valence-corrected chi connectivity index (χ4v) is 4.93. The summed E-state index contributed by atoms with van der Waals surface area (Å²) in [5, 5.41) is 0. The maximum atomic E-state index is 11.5. The zero-order chi connectivity index (χ0) is 17.9. The highest BCUT2D eigenvalue weighted by molar-refractivity contribution is 7.65. The fraction of sp³-hybridized carbons (Fsp3) is 1.00. The standard InChI is InChI=1S/C8H19O12P3/c1-6-4-7(15-2)8(18-6)5-17-22(11,12)20-23(13,14)19-21(9,10)16-3/h6-8H,4-5H2,1-3H3,(H,9,10)(H,11,12)(H,13,14)/p-3/t6-,7+,8+/m0/s1. The predicted octanol–water partition coefficient (Wildman–Crippen LogP) is -0.720. The van der Waals surface area contributed by atoms with Crippen LogP contribution in [0.15, 0.2) is 0 Å². The van der Waals surface area contributed by atoms with Crippen LogP contribution >= 0.6 is 23.5 Å². The van der Waals surface area contributed by atoms with Crippen LogP contribution in [0.25, 0.3) is 0 Å². The van der Waals surface area contributed by atoms with Gasteiger partial charge < -0.3 is 33.2 Å². The van der Waals surface area contributed by atoms with E-state index in [-0.39, 0.29) is 6.10 Å². The van der Waals surface area contributed by atoms with Crippen molar-refractivity contribution in [2.45, 2.75) is 31.7 Å². The minimum absolute atomic E-state index is 0.206. The Morgan fingerprint density at radius 2 is 1.61 bits per heavy atom. The Kier molecular flexibility index (Phi) is 7.56. The Bertz CT molecular complexity index is 536. The number of phosphoric ester groups is 2. The maximum Gasteiger partial charge on any atom is 0.280 e. The molecule has 0 aromatic heterocycles. The third-order valence-electron chi connectivity index (χ3n) is 2.71. The second-order valence-electron chi connectivity index (χ2n) is 4.48. The second kappa shape index (κ2) is 8.14. The van der Waals surface area contributed by atoms with Gasteiger partial charge in [-0.25, -0.2) is 8.62 Å². The maximum absolute atomic E-state index is 11.5. The van der Waals surface area contributed by atoms with Crippen molar-refractivity contribution in [1.82, 2.24) is 0 Å². The van der Waals surface area contributed by atoms with Crippen molar-refractivity contribution < 1.29 is 55.5 Å². The van der Waals surface area contributed by atoms with Crippen LogP contribution in [0.4, 0.5) is 0 Å². The number of rotatable bonds is 9. The molecule has 6 atom stereocenters. The van der Waals surface area contributed by atoms with E-state index in [1.54, 1.807) is 6.92 Å². The van der Waals surface area contributed by atoms with Crippen LogP contribution in [0.1, 0.15) is 13.3 Å². The molecule has 1 aliphatic heterocycles. The third-order valence-corrected chi connectivity index (χ3v) is 6.82. The first-order chi connectivity index (χ1) is 10.4. The van der Waals surface area contributed by atoms with E-state index in [9.17, 15) is 28.4 Å². The van der Waals surface area contributed by atoms with Crippen molar-refractivity contribution in [2.75, 3.05) is 20.8 Å². The molecule has 0 aromatic rings. The Balaban J connectivity index is 2.60. The summed E-state index contributed by atoms with van der Waals surface area (Å²) in [5.41, 5.74) is 0. The summed E-state index contributed by atoms with van der Waals surface area (Å²) in [6.07, 6.45) is -0.930. The van der Waals surface area contributed by atoms with Crippen molar-refractivity contribution in [3.05, 3.63) is 0 Å². The molecule has 1 saturated heterocycles. The van der Waals surface area contributed by atoms with Crippen LogP contribution in [0, 0.1) is 0 Å². The molecule has 12 nitrogen and oxygen atoms in total. The van der Waals surface area contributed by atoms with Gasteiger partial charge in [0.15, 0.2) is 0 Å². The van der Waals surface area contributed by atoms with Gasteiger partial charge in [-0.2, -0.15) is 0 Å². The van der Waals surface area contributed by atoms with Crippen LogP contribution in [0.5, 0.6) is 0 Å². The van der Waals surface area contributed by atoms with Crippen molar-refractivity contribution in [2.24, 2.45) is 0 Å². The van der Waals surface area contributed by atoms with Gasteiger partial charge in [0, 0.05) is 20.6 Å². The molecule has 0 amide bonds. The molecule has 0 saturated carbocycles. The zero-order valence-corrected chi connectivity index (χ0v) is 15.1. The van der Waals surface area contributed by atoms with E-state index < -0.39 is 42.3 Å². The average Bonchev–Trinajstić information content (AvgIpc) is 2.74. The number of ether oxygens (including phenoxy) is 2. The highest BCUT2D eigenvalue weighted by atomic mass is 31.3. The van der Waals surface area contributed by atoms with Gasteiger partial charge in [-0.3, -0.25) is 13.7 Å². The van der Waals surface area contributed by atoms with E-state index >= 15 is 0 Å². The monoisotopic (exact) mass is 397 g/mol. The van der Waals surface area contributed by atoms with E-state index in [1.807, 2.05) is 0 Å². The third kappa shape index (κ3) is 7.39. The smallest absolute Gasteiger partial charge is 0.280 e. The Labute approximate surface area is 132 Å². The number of hydrogen-bond acceptors (Lipinski definition) is 12. The summed E-state index contributed by atoms with van der Waals surface area (Å²) in [6.45, 7) is 1.15. The molecule has 138 valence electrons. The number of hydrogen-bond donors (Lipinski definition) is 0. The Hall–Kier alpha value is 0.330. The molecule has 1 heterocycles. The van der Waals surface area contributed by atoms with Crippen LogP contribution in [-0.2, 0) is 40.8 Å². The van der Waals surface area contributed by atoms with Gasteiger partial charge in [0.05, 0.1) is 18.8 Å². The van der Waals surface area contributed by atoms with Gasteiger partial charge in [0.2, 0.25) is 0 Å². The first-order valence-electron chi connectivity index (χ1n) is 6.14. The minimum Gasteiger partial charge on any atom is -0.756 e. The van der Waals surface area contributed by atoms with E-state index in [1.165, 1.54) is 7.11 Å². The van der Waals surface area contributed by atoms with Gasteiger partial charge in [-0.05, 0) is 6.92 Å². The lowest BCUT2D eigenvalue weighted by molar-refractivity contribution is -0.251.